The molecule has 1 aromatic heterocycles. The molecule has 1 aromatic rings. The highest BCUT2D eigenvalue weighted by molar-refractivity contribution is 5.14. The van der Waals surface area contributed by atoms with Crippen molar-refractivity contribution in [2.24, 2.45) is 17.3 Å². The van der Waals surface area contributed by atoms with Crippen LogP contribution in [0.25, 0.3) is 0 Å². The zero-order valence-corrected chi connectivity index (χ0v) is 12.1. The topological polar surface area (TPSA) is 22.1 Å². The van der Waals surface area contributed by atoms with Crippen LogP contribution in [0.4, 0.5) is 0 Å². The van der Waals surface area contributed by atoms with E-state index in [-0.39, 0.29) is 0 Å². The number of ether oxygens (including phenoxy) is 1. The molecule has 0 unspecified atom stereocenters. The van der Waals surface area contributed by atoms with E-state index in [1.807, 2.05) is 25.1 Å². The molecule has 2 nitrogen and oxygen atoms in total. The summed E-state index contributed by atoms with van der Waals surface area (Å²) in [5.41, 5.74) is 1.45. The first-order valence-electron chi connectivity index (χ1n) is 7.09. The van der Waals surface area contributed by atoms with Crippen LogP contribution in [0.15, 0.2) is 18.2 Å². The van der Waals surface area contributed by atoms with E-state index in [9.17, 15) is 0 Å². The summed E-state index contributed by atoms with van der Waals surface area (Å²) in [5.74, 6) is 2.16. The van der Waals surface area contributed by atoms with E-state index in [1.165, 1.54) is 19.3 Å². The van der Waals surface area contributed by atoms with E-state index in [2.05, 4.69) is 25.8 Å². The fraction of sp³-hybridized carbons (Fsp3) is 0.688. The SMILES string of the molecule is Cc1cccc(OC[C@H]2CCC[C@@]2(C)C(C)C)n1. The summed E-state index contributed by atoms with van der Waals surface area (Å²) in [6.45, 7) is 9.90. The second kappa shape index (κ2) is 5.29. The van der Waals surface area contributed by atoms with Crippen molar-refractivity contribution in [3.05, 3.63) is 23.9 Å². The Morgan fingerprint density at radius 3 is 2.89 bits per heavy atom. The molecule has 0 bridgehead atoms. The maximum atomic E-state index is 5.91. The number of hydrogen-bond donors (Lipinski definition) is 0. The third-order valence-electron chi connectivity index (χ3n) is 4.81. The summed E-state index contributed by atoms with van der Waals surface area (Å²) in [5, 5.41) is 0. The van der Waals surface area contributed by atoms with Gasteiger partial charge in [-0.2, -0.15) is 0 Å². The Balaban J connectivity index is 1.98. The van der Waals surface area contributed by atoms with Gasteiger partial charge in [-0.15, -0.1) is 0 Å². The van der Waals surface area contributed by atoms with E-state index >= 15 is 0 Å². The molecular weight excluding hydrogens is 222 g/mol. The molecule has 1 fully saturated rings. The molecule has 0 spiro atoms. The highest BCUT2D eigenvalue weighted by Crippen LogP contribution is 2.48. The number of hydrogen-bond acceptors (Lipinski definition) is 2. The molecule has 1 heterocycles. The average Bonchev–Trinajstić information content (AvgIpc) is 2.70. The molecule has 1 aliphatic carbocycles. The highest BCUT2D eigenvalue weighted by atomic mass is 16.5. The smallest absolute Gasteiger partial charge is 0.213 e. The second-order valence-corrected chi connectivity index (χ2v) is 6.18. The molecule has 0 saturated heterocycles. The summed E-state index contributed by atoms with van der Waals surface area (Å²) in [4.78, 5) is 4.40. The number of pyridine rings is 1. The molecule has 2 atom stereocenters. The van der Waals surface area contributed by atoms with E-state index < -0.39 is 0 Å². The number of nitrogens with zero attached hydrogens (tertiary/aromatic N) is 1. The first kappa shape index (κ1) is 13.4. The largest absolute Gasteiger partial charge is 0.477 e. The van der Waals surface area contributed by atoms with Crippen LogP contribution in [0, 0.1) is 24.2 Å². The predicted molar refractivity (Wildman–Crippen MR) is 74.8 cm³/mol. The predicted octanol–water partition coefficient (Wildman–Crippen LogP) is 4.23. The summed E-state index contributed by atoms with van der Waals surface area (Å²) in [6, 6.07) is 5.96. The van der Waals surface area contributed by atoms with Gasteiger partial charge in [-0.1, -0.05) is 33.3 Å². The lowest BCUT2D eigenvalue weighted by Crippen LogP contribution is -2.31. The molecular formula is C16H25NO. The fourth-order valence-corrected chi connectivity index (χ4v) is 3.08. The fourth-order valence-electron chi connectivity index (χ4n) is 3.08. The van der Waals surface area contributed by atoms with Crippen molar-refractivity contribution in [1.29, 1.82) is 0 Å². The molecule has 18 heavy (non-hydrogen) atoms. The molecule has 1 aliphatic rings. The van der Waals surface area contributed by atoms with E-state index in [0.29, 0.717) is 11.3 Å². The van der Waals surface area contributed by atoms with Crippen molar-refractivity contribution >= 4 is 0 Å². The standard InChI is InChI=1S/C16H25NO/c1-12(2)16(4)10-6-8-14(16)11-18-15-9-5-7-13(3)17-15/h5,7,9,12,14H,6,8,10-11H2,1-4H3/t14-,16+/m1/s1. The summed E-state index contributed by atoms with van der Waals surface area (Å²) in [6.07, 6.45) is 3.96. The van der Waals surface area contributed by atoms with Crippen LogP contribution in [-0.4, -0.2) is 11.6 Å². The molecule has 0 N–H and O–H groups in total. The number of aromatic nitrogens is 1. The van der Waals surface area contributed by atoms with E-state index in [1.54, 1.807) is 0 Å². The Kier molecular flexibility index (Phi) is 3.94. The quantitative estimate of drug-likeness (QED) is 0.794. The Morgan fingerprint density at radius 1 is 1.44 bits per heavy atom. The molecule has 2 rings (SSSR count). The molecule has 2 heteroatoms. The van der Waals surface area contributed by atoms with Gasteiger partial charge in [0.2, 0.25) is 5.88 Å². The van der Waals surface area contributed by atoms with Gasteiger partial charge in [0.05, 0.1) is 6.61 Å². The van der Waals surface area contributed by atoms with Gasteiger partial charge in [-0.25, -0.2) is 4.98 Å². The van der Waals surface area contributed by atoms with E-state index in [4.69, 9.17) is 4.74 Å². The van der Waals surface area contributed by atoms with Crippen molar-refractivity contribution in [2.45, 2.75) is 47.0 Å². The van der Waals surface area contributed by atoms with Gasteiger partial charge < -0.3 is 4.74 Å². The zero-order valence-electron chi connectivity index (χ0n) is 12.1. The van der Waals surface area contributed by atoms with Crippen molar-refractivity contribution in [1.82, 2.24) is 4.98 Å². The van der Waals surface area contributed by atoms with Gasteiger partial charge in [0.25, 0.3) is 0 Å². The monoisotopic (exact) mass is 247 g/mol. The lowest BCUT2D eigenvalue weighted by atomic mass is 9.71. The first-order valence-corrected chi connectivity index (χ1v) is 7.09. The lowest BCUT2D eigenvalue weighted by Gasteiger charge is -2.35. The summed E-state index contributed by atoms with van der Waals surface area (Å²) >= 11 is 0. The minimum absolute atomic E-state index is 0.434. The van der Waals surface area contributed by atoms with Gasteiger partial charge in [0.15, 0.2) is 0 Å². The summed E-state index contributed by atoms with van der Waals surface area (Å²) in [7, 11) is 0. The Hall–Kier alpha value is -1.05. The maximum Gasteiger partial charge on any atom is 0.213 e. The van der Waals surface area contributed by atoms with Gasteiger partial charge in [-0.05, 0) is 43.1 Å². The Morgan fingerprint density at radius 2 is 2.22 bits per heavy atom. The van der Waals surface area contributed by atoms with Crippen LogP contribution in [0.1, 0.15) is 45.7 Å². The maximum absolute atomic E-state index is 5.91. The molecule has 0 aliphatic heterocycles. The van der Waals surface area contributed by atoms with Gasteiger partial charge in [0, 0.05) is 11.8 Å². The van der Waals surface area contributed by atoms with Crippen molar-refractivity contribution in [3.8, 4) is 5.88 Å². The average molecular weight is 247 g/mol. The number of aryl methyl sites for hydroxylation is 1. The third-order valence-corrected chi connectivity index (χ3v) is 4.81. The Bertz CT molecular complexity index is 402. The molecule has 100 valence electrons. The molecule has 1 saturated carbocycles. The van der Waals surface area contributed by atoms with Crippen LogP contribution < -0.4 is 4.74 Å². The zero-order chi connectivity index (χ0) is 13.2. The molecule has 0 amide bonds. The lowest BCUT2D eigenvalue weighted by molar-refractivity contribution is 0.0963. The minimum Gasteiger partial charge on any atom is -0.477 e. The van der Waals surface area contributed by atoms with Crippen LogP contribution in [0.2, 0.25) is 0 Å². The Labute approximate surface area is 111 Å². The van der Waals surface area contributed by atoms with Crippen LogP contribution in [0.5, 0.6) is 5.88 Å². The van der Waals surface area contributed by atoms with Crippen LogP contribution in [0.3, 0.4) is 0 Å². The van der Waals surface area contributed by atoms with Crippen molar-refractivity contribution in [2.75, 3.05) is 6.61 Å². The third kappa shape index (κ3) is 2.68. The van der Waals surface area contributed by atoms with Crippen molar-refractivity contribution in [3.63, 3.8) is 0 Å². The van der Waals surface area contributed by atoms with Crippen LogP contribution >= 0.6 is 0 Å². The summed E-state index contributed by atoms with van der Waals surface area (Å²) < 4.78 is 5.91. The minimum atomic E-state index is 0.434. The van der Waals surface area contributed by atoms with Crippen LogP contribution in [-0.2, 0) is 0 Å². The van der Waals surface area contributed by atoms with E-state index in [0.717, 1.165) is 24.1 Å². The second-order valence-electron chi connectivity index (χ2n) is 6.18. The molecule has 0 radical (unpaired) electrons. The van der Waals surface area contributed by atoms with Gasteiger partial charge >= 0.3 is 0 Å². The van der Waals surface area contributed by atoms with Gasteiger partial charge in [0.1, 0.15) is 0 Å². The van der Waals surface area contributed by atoms with Crippen molar-refractivity contribution < 1.29 is 4.74 Å². The normalized spacial score (nSPS) is 27.7. The highest BCUT2D eigenvalue weighted by Gasteiger charge is 2.41. The first-order chi connectivity index (χ1) is 8.52. The number of rotatable bonds is 4. The molecule has 0 aromatic carbocycles. The van der Waals surface area contributed by atoms with Gasteiger partial charge in [-0.3, -0.25) is 0 Å².